The van der Waals surface area contributed by atoms with E-state index in [1.54, 1.807) is 24.4 Å². The predicted molar refractivity (Wildman–Crippen MR) is 102 cm³/mol. The number of pyridine rings is 1. The Morgan fingerprint density at radius 2 is 1.92 bits per heavy atom. The van der Waals surface area contributed by atoms with Crippen molar-refractivity contribution in [2.45, 2.75) is 6.42 Å². The van der Waals surface area contributed by atoms with Crippen LogP contribution in [0.25, 0.3) is 0 Å². The number of halogens is 2. The normalized spacial score (nSPS) is 10.4. The number of aromatic nitrogens is 1. The third-order valence-electron chi connectivity index (χ3n) is 3.72. The number of rotatable bonds is 6. The van der Waals surface area contributed by atoms with Gasteiger partial charge in [0.2, 0.25) is 0 Å². The van der Waals surface area contributed by atoms with E-state index >= 15 is 0 Å². The van der Waals surface area contributed by atoms with Gasteiger partial charge in [-0.2, -0.15) is 0 Å². The fraction of sp³-hybridized carbons (Fsp3) is 0.100. The molecule has 0 bridgehead atoms. The number of amides is 1. The van der Waals surface area contributed by atoms with Gasteiger partial charge >= 0.3 is 0 Å². The second kappa shape index (κ2) is 8.45. The van der Waals surface area contributed by atoms with Crippen LogP contribution < -0.4 is 10.6 Å². The zero-order valence-electron chi connectivity index (χ0n) is 13.9. The van der Waals surface area contributed by atoms with Crippen molar-refractivity contribution in [1.29, 1.82) is 0 Å². The van der Waals surface area contributed by atoms with Gasteiger partial charge in [0.05, 0.1) is 11.9 Å². The van der Waals surface area contributed by atoms with Gasteiger partial charge in [-0.1, -0.05) is 29.8 Å². The van der Waals surface area contributed by atoms with E-state index < -0.39 is 5.82 Å². The molecule has 132 valence electrons. The lowest BCUT2D eigenvalue weighted by molar-refractivity contribution is 0.102. The highest BCUT2D eigenvalue weighted by molar-refractivity contribution is 6.30. The Balaban J connectivity index is 1.52. The van der Waals surface area contributed by atoms with Crippen LogP contribution in [0.15, 0.2) is 66.9 Å². The number of hydrogen-bond donors (Lipinski definition) is 2. The van der Waals surface area contributed by atoms with E-state index in [9.17, 15) is 9.18 Å². The van der Waals surface area contributed by atoms with E-state index in [-0.39, 0.29) is 11.5 Å². The molecular weight excluding hydrogens is 353 g/mol. The SMILES string of the molecule is O=C(Nc1ccc(NCCc2cccc(Cl)c2)nc1)c1cccc(F)c1. The van der Waals surface area contributed by atoms with Crippen molar-refractivity contribution >= 4 is 29.0 Å². The lowest BCUT2D eigenvalue weighted by atomic mass is 10.1. The summed E-state index contributed by atoms with van der Waals surface area (Å²) in [6.07, 6.45) is 2.37. The molecule has 0 aliphatic heterocycles. The first-order chi connectivity index (χ1) is 12.6. The van der Waals surface area contributed by atoms with Gasteiger partial charge in [0.15, 0.2) is 0 Å². The molecule has 2 N–H and O–H groups in total. The van der Waals surface area contributed by atoms with Crippen molar-refractivity contribution in [3.05, 3.63) is 88.8 Å². The largest absolute Gasteiger partial charge is 0.370 e. The minimum atomic E-state index is -0.449. The van der Waals surface area contributed by atoms with Crippen molar-refractivity contribution in [3.63, 3.8) is 0 Å². The van der Waals surface area contributed by atoms with Gasteiger partial charge in [-0.3, -0.25) is 4.79 Å². The van der Waals surface area contributed by atoms with E-state index in [4.69, 9.17) is 11.6 Å². The molecule has 1 heterocycles. The van der Waals surface area contributed by atoms with Gasteiger partial charge in [0, 0.05) is 17.1 Å². The van der Waals surface area contributed by atoms with Gasteiger partial charge in [-0.15, -0.1) is 0 Å². The number of nitrogens with one attached hydrogen (secondary N) is 2. The summed E-state index contributed by atoms with van der Waals surface area (Å²) in [6, 6.07) is 16.8. The Bertz CT molecular complexity index is 900. The van der Waals surface area contributed by atoms with Crippen LogP contribution in [-0.4, -0.2) is 17.4 Å². The predicted octanol–water partition coefficient (Wildman–Crippen LogP) is 4.78. The summed E-state index contributed by atoms with van der Waals surface area (Å²) in [7, 11) is 0. The average molecular weight is 370 g/mol. The number of nitrogens with zero attached hydrogens (tertiary/aromatic N) is 1. The maximum absolute atomic E-state index is 13.2. The van der Waals surface area contributed by atoms with Crippen LogP contribution in [0.2, 0.25) is 5.02 Å². The van der Waals surface area contributed by atoms with Crippen LogP contribution in [0.1, 0.15) is 15.9 Å². The Morgan fingerprint density at radius 1 is 1.08 bits per heavy atom. The molecule has 26 heavy (non-hydrogen) atoms. The molecule has 1 amide bonds. The van der Waals surface area contributed by atoms with Gasteiger partial charge in [0.1, 0.15) is 11.6 Å². The summed E-state index contributed by atoms with van der Waals surface area (Å²) < 4.78 is 13.2. The van der Waals surface area contributed by atoms with Crippen LogP contribution in [0.4, 0.5) is 15.9 Å². The van der Waals surface area contributed by atoms with Crippen LogP contribution in [0, 0.1) is 5.82 Å². The summed E-state index contributed by atoms with van der Waals surface area (Å²) in [5.41, 5.74) is 1.94. The average Bonchev–Trinajstić information content (AvgIpc) is 2.63. The van der Waals surface area contributed by atoms with Gasteiger partial charge in [-0.25, -0.2) is 9.37 Å². The van der Waals surface area contributed by atoms with Crippen LogP contribution in [-0.2, 0) is 6.42 Å². The van der Waals surface area contributed by atoms with Gasteiger partial charge in [0.25, 0.3) is 5.91 Å². The topological polar surface area (TPSA) is 54.0 Å². The molecule has 0 radical (unpaired) electrons. The lowest BCUT2D eigenvalue weighted by Gasteiger charge is -2.08. The highest BCUT2D eigenvalue weighted by Gasteiger charge is 2.07. The summed E-state index contributed by atoms with van der Waals surface area (Å²) in [5, 5.41) is 6.63. The van der Waals surface area contributed by atoms with Crippen molar-refractivity contribution in [3.8, 4) is 0 Å². The van der Waals surface area contributed by atoms with E-state index in [0.717, 1.165) is 17.0 Å². The molecule has 1 aromatic heterocycles. The van der Waals surface area contributed by atoms with Gasteiger partial charge in [-0.05, 0) is 54.4 Å². The number of carbonyl (C=O) groups is 1. The maximum atomic E-state index is 13.2. The first-order valence-electron chi connectivity index (χ1n) is 8.11. The molecule has 0 atom stereocenters. The zero-order valence-corrected chi connectivity index (χ0v) is 14.6. The molecule has 3 rings (SSSR count). The molecule has 0 aliphatic rings. The Labute approximate surface area is 156 Å². The standard InChI is InChI=1S/C20H17ClFN3O/c21-16-5-1-3-14(11-16)9-10-23-19-8-7-18(13-24-19)25-20(26)15-4-2-6-17(22)12-15/h1-8,11-13H,9-10H2,(H,23,24)(H,25,26). The Kier molecular flexibility index (Phi) is 5.81. The molecular formula is C20H17ClFN3O. The molecule has 0 spiro atoms. The zero-order chi connectivity index (χ0) is 18.4. The second-order valence-electron chi connectivity index (χ2n) is 5.70. The van der Waals surface area contributed by atoms with Crippen LogP contribution in [0.5, 0.6) is 0 Å². The van der Waals surface area contributed by atoms with Crippen LogP contribution in [0.3, 0.4) is 0 Å². The molecule has 0 fully saturated rings. The third-order valence-corrected chi connectivity index (χ3v) is 3.95. The second-order valence-corrected chi connectivity index (χ2v) is 6.14. The summed E-state index contributed by atoms with van der Waals surface area (Å²) in [6.45, 7) is 0.711. The van der Waals surface area contributed by atoms with Crippen molar-refractivity contribution < 1.29 is 9.18 Å². The summed E-state index contributed by atoms with van der Waals surface area (Å²) >= 11 is 5.96. The number of hydrogen-bond acceptors (Lipinski definition) is 3. The smallest absolute Gasteiger partial charge is 0.255 e. The first-order valence-corrected chi connectivity index (χ1v) is 8.49. The highest BCUT2D eigenvalue weighted by atomic mass is 35.5. The lowest BCUT2D eigenvalue weighted by Crippen LogP contribution is -2.12. The van der Waals surface area contributed by atoms with E-state index in [1.165, 1.54) is 18.2 Å². The Morgan fingerprint density at radius 3 is 2.65 bits per heavy atom. The number of benzene rings is 2. The molecule has 0 saturated heterocycles. The maximum Gasteiger partial charge on any atom is 0.255 e. The fourth-order valence-electron chi connectivity index (χ4n) is 2.43. The Hall–Kier alpha value is -2.92. The van der Waals surface area contributed by atoms with Crippen molar-refractivity contribution in [1.82, 2.24) is 4.98 Å². The van der Waals surface area contributed by atoms with E-state index in [1.807, 2.05) is 24.3 Å². The quantitative estimate of drug-likeness (QED) is 0.657. The van der Waals surface area contributed by atoms with Crippen LogP contribution >= 0.6 is 11.6 Å². The van der Waals surface area contributed by atoms with Crippen molar-refractivity contribution in [2.75, 3.05) is 17.2 Å². The highest BCUT2D eigenvalue weighted by Crippen LogP contribution is 2.14. The van der Waals surface area contributed by atoms with Crippen molar-refractivity contribution in [2.24, 2.45) is 0 Å². The minimum Gasteiger partial charge on any atom is -0.370 e. The minimum absolute atomic E-state index is 0.258. The molecule has 4 nitrogen and oxygen atoms in total. The molecule has 0 saturated carbocycles. The summed E-state index contributed by atoms with van der Waals surface area (Å²) in [5.74, 6) is -0.126. The molecule has 6 heteroatoms. The fourth-order valence-corrected chi connectivity index (χ4v) is 2.65. The first kappa shape index (κ1) is 17.9. The molecule has 0 aliphatic carbocycles. The number of anilines is 2. The molecule has 2 aromatic carbocycles. The monoisotopic (exact) mass is 369 g/mol. The summed E-state index contributed by atoms with van der Waals surface area (Å²) in [4.78, 5) is 16.3. The van der Waals surface area contributed by atoms with E-state index in [0.29, 0.717) is 18.1 Å². The van der Waals surface area contributed by atoms with E-state index in [2.05, 4.69) is 15.6 Å². The number of carbonyl (C=O) groups excluding carboxylic acids is 1. The molecule has 0 unspecified atom stereocenters. The van der Waals surface area contributed by atoms with Gasteiger partial charge < -0.3 is 10.6 Å². The third kappa shape index (κ3) is 5.04. The molecule has 3 aromatic rings.